The van der Waals surface area contributed by atoms with Crippen molar-refractivity contribution in [2.45, 2.75) is 6.42 Å². The van der Waals surface area contributed by atoms with Gasteiger partial charge >= 0.3 is 0 Å². The zero-order valence-corrected chi connectivity index (χ0v) is 11.3. The maximum atomic E-state index is 13.9. The van der Waals surface area contributed by atoms with Gasteiger partial charge in [-0.2, -0.15) is 0 Å². The van der Waals surface area contributed by atoms with E-state index in [0.29, 0.717) is 17.7 Å². The fourth-order valence-electron chi connectivity index (χ4n) is 2.13. The van der Waals surface area contributed by atoms with E-state index in [4.69, 9.17) is 16.3 Å². The second-order valence-corrected chi connectivity index (χ2v) is 4.83. The van der Waals surface area contributed by atoms with Crippen molar-refractivity contribution in [3.63, 3.8) is 0 Å². The van der Waals surface area contributed by atoms with Crippen LogP contribution in [0.3, 0.4) is 0 Å². The van der Waals surface area contributed by atoms with Crippen LogP contribution in [0.25, 0.3) is 0 Å². The molecule has 1 aliphatic heterocycles. The topological polar surface area (TPSA) is 24.5 Å². The van der Waals surface area contributed by atoms with Crippen LogP contribution in [0.1, 0.15) is 5.56 Å². The molecule has 0 aliphatic carbocycles. The van der Waals surface area contributed by atoms with Crippen LogP contribution < -0.4 is 10.1 Å². The molecule has 0 aromatic heterocycles. The van der Waals surface area contributed by atoms with Gasteiger partial charge in [0.25, 0.3) is 0 Å². The lowest BCUT2D eigenvalue weighted by molar-refractivity contribution is 0.243. The summed E-state index contributed by atoms with van der Waals surface area (Å²) in [5.74, 6) is 0.282. The smallest absolute Gasteiger partial charge is 0.145 e. The van der Waals surface area contributed by atoms with E-state index in [1.54, 1.807) is 13.2 Å². The third kappa shape index (κ3) is 3.34. The molecule has 100 valence electrons. The Morgan fingerprint density at radius 1 is 1.39 bits per heavy atom. The molecule has 1 aromatic carbocycles. The quantitative estimate of drug-likeness (QED) is 0.907. The fraction of sp³-hybridized carbons (Fsp3) is 0.538. The fourth-order valence-corrected chi connectivity index (χ4v) is 2.36. The zero-order chi connectivity index (χ0) is 13.0. The van der Waals surface area contributed by atoms with Crippen LogP contribution in [-0.4, -0.2) is 44.7 Å². The summed E-state index contributed by atoms with van der Waals surface area (Å²) in [7, 11) is 1.56. The Kier molecular flexibility index (Phi) is 4.80. The average Bonchev–Trinajstić information content (AvgIpc) is 2.41. The first-order valence-electron chi connectivity index (χ1n) is 6.15. The molecule has 0 unspecified atom stereocenters. The highest BCUT2D eigenvalue weighted by molar-refractivity contribution is 6.30. The van der Waals surface area contributed by atoms with Crippen molar-refractivity contribution in [1.82, 2.24) is 10.2 Å². The minimum Gasteiger partial charge on any atom is -0.497 e. The molecule has 0 amide bonds. The van der Waals surface area contributed by atoms with Crippen LogP contribution in [0.4, 0.5) is 4.39 Å². The summed E-state index contributed by atoms with van der Waals surface area (Å²) in [4.78, 5) is 2.32. The first-order chi connectivity index (χ1) is 8.70. The van der Waals surface area contributed by atoms with Gasteiger partial charge in [0.2, 0.25) is 0 Å². The Morgan fingerprint density at radius 3 is 2.78 bits per heavy atom. The Hall–Kier alpha value is -0.840. The van der Waals surface area contributed by atoms with Gasteiger partial charge < -0.3 is 15.0 Å². The predicted molar refractivity (Wildman–Crippen MR) is 71.0 cm³/mol. The molecule has 1 aliphatic rings. The van der Waals surface area contributed by atoms with Gasteiger partial charge in [-0.3, -0.25) is 0 Å². The number of methoxy groups -OCH3 is 1. The lowest BCUT2D eigenvalue weighted by atomic mass is 10.1. The summed E-state index contributed by atoms with van der Waals surface area (Å²) < 4.78 is 19.0. The summed E-state index contributed by atoms with van der Waals surface area (Å²) in [6.07, 6.45) is 0.656. The molecule has 18 heavy (non-hydrogen) atoms. The van der Waals surface area contributed by atoms with Crippen LogP contribution in [0.15, 0.2) is 12.1 Å². The first kappa shape index (κ1) is 13.6. The second-order valence-electron chi connectivity index (χ2n) is 4.42. The summed E-state index contributed by atoms with van der Waals surface area (Å²) in [5.41, 5.74) is 0.623. The molecule has 1 fully saturated rings. The van der Waals surface area contributed by atoms with Crippen molar-refractivity contribution in [2.75, 3.05) is 39.8 Å². The van der Waals surface area contributed by atoms with E-state index in [1.165, 1.54) is 6.07 Å². The molecule has 2 rings (SSSR count). The predicted octanol–water partition coefficient (Wildman–Crippen LogP) is 1.94. The van der Waals surface area contributed by atoms with Crippen LogP contribution in [-0.2, 0) is 6.42 Å². The van der Waals surface area contributed by atoms with Gasteiger partial charge in [0.15, 0.2) is 0 Å². The van der Waals surface area contributed by atoms with E-state index in [9.17, 15) is 4.39 Å². The molecule has 0 bridgehead atoms. The molecule has 1 aromatic rings. The minimum atomic E-state index is -0.326. The summed E-state index contributed by atoms with van der Waals surface area (Å²) in [6, 6.07) is 3.23. The van der Waals surface area contributed by atoms with Gasteiger partial charge in [-0.05, 0) is 18.1 Å². The zero-order valence-electron chi connectivity index (χ0n) is 10.5. The third-order valence-corrected chi connectivity index (χ3v) is 3.49. The molecule has 5 heteroatoms. The molecule has 0 atom stereocenters. The standard InChI is InChI=1S/C13H18ClFN2O/c1-18-11-8-10(13(15)12(14)9-11)2-5-17-6-3-16-4-7-17/h8-9,16H,2-7H2,1H3. The maximum Gasteiger partial charge on any atom is 0.145 e. The number of hydrogen-bond acceptors (Lipinski definition) is 3. The van der Waals surface area contributed by atoms with Gasteiger partial charge in [-0.15, -0.1) is 0 Å². The Balaban J connectivity index is 2.01. The number of nitrogens with zero attached hydrogens (tertiary/aromatic N) is 1. The minimum absolute atomic E-state index is 0.129. The van der Waals surface area contributed by atoms with E-state index in [0.717, 1.165) is 32.7 Å². The van der Waals surface area contributed by atoms with E-state index in [1.807, 2.05) is 0 Å². The van der Waals surface area contributed by atoms with Gasteiger partial charge in [-0.25, -0.2) is 4.39 Å². The highest BCUT2D eigenvalue weighted by Crippen LogP contribution is 2.25. The summed E-state index contributed by atoms with van der Waals surface area (Å²) in [6.45, 7) is 4.88. The highest BCUT2D eigenvalue weighted by atomic mass is 35.5. The molecule has 1 heterocycles. The second kappa shape index (κ2) is 6.36. The number of nitrogens with one attached hydrogen (secondary N) is 1. The molecule has 0 spiro atoms. The monoisotopic (exact) mass is 272 g/mol. The lowest BCUT2D eigenvalue weighted by Gasteiger charge is -2.27. The maximum absolute atomic E-state index is 13.9. The van der Waals surface area contributed by atoms with Gasteiger partial charge in [0.05, 0.1) is 12.1 Å². The molecule has 1 saturated heterocycles. The lowest BCUT2D eigenvalue weighted by Crippen LogP contribution is -2.44. The van der Waals surface area contributed by atoms with Crippen molar-refractivity contribution in [1.29, 1.82) is 0 Å². The van der Waals surface area contributed by atoms with Crippen molar-refractivity contribution in [3.05, 3.63) is 28.5 Å². The number of rotatable bonds is 4. The average molecular weight is 273 g/mol. The normalized spacial score (nSPS) is 16.8. The number of piperazine rings is 1. The molecule has 1 N–H and O–H groups in total. The molecule has 3 nitrogen and oxygen atoms in total. The van der Waals surface area contributed by atoms with Crippen LogP contribution in [0.2, 0.25) is 5.02 Å². The van der Waals surface area contributed by atoms with Gasteiger partial charge in [0, 0.05) is 38.8 Å². The molecular formula is C13H18ClFN2O. The van der Waals surface area contributed by atoms with Crippen LogP contribution >= 0.6 is 11.6 Å². The van der Waals surface area contributed by atoms with E-state index < -0.39 is 0 Å². The van der Waals surface area contributed by atoms with Crippen molar-refractivity contribution in [3.8, 4) is 5.75 Å². The van der Waals surface area contributed by atoms with E-state index in [2.05, 4.69) is 10.2 Å². The van der Waals surface area contributed by atoms with Crippen molar-refractivity contribution in [2.24, 2.45) is 0 Å². The summed E-state index contributed by atoms with van der Waals surface area (Å²) >= 11 is 5.84. The van der Waals surface area contributed by atoms with Gasteiger partial charge in [-0.1, -0.05) is 11.6 Å². The number of hydrogen-bond donors (Lipinski definition) is 1. The van der Waals surface area contributed by atoms with E-state index in [-0.39, 0.29) is 10.8 Å². The highest BCUT2D eigenvalue weighted by Gasteiger charge is 2.13. The molecule has 0 radical (unpaired) electrons. The number of ether oxygens (including phenoxy) is 1. The van der Waals surface area contributed by atoms with Crippen LogP contribution in [0.5, 0.6) is 5.75 Å². The Morgan fingerprint density at radius 2 is 2.11 bits per heavy atom. The van der Waals surface area contributed by atoms with Crippen molar-refractivity contribution >= 4 is 11.6 Å². The van der Waals surface area contributed by atoms with E-state index >= 15 is 0 Å². The SMILES string of the molecule is COc1cc(Cl)c(F)c(CCN2CCNCC2)c1. The van der Waals surface area contributed by atoms with Crippen molar-refractivity contribution < 1.29 is 9.13 Å². The summed E-state index contributed by atoms with van der Waals surface area (Å²) in [5, 5.41) is 3.42. The third-order valence-electron chi connectivity index (χ3n) is 3.22. The van der Waals surface area contributed by atoms with Gasteiger partial charge in [0.1, 0.15) is 11.6 Å². The first-order valence-corrected chi connectivity index (χ1v) is 6.53. The largest absolute Gasteiger partial charge is 0.497 e. The molecule has 0 saturated carbocycles. The number of halogens is 2. The van der Waals surface area contributed by atoms with Crippen LogP contribution in [0, 0.1) is 5.82 Å². The Labute approximate surface area is 112 Å². The number of benzene rings is 1. The Bertz CT molecular complexity index is 408. The molecular weight excluding hydrogens is 255 g/mol.